The van der Waals surface area contributed by atoms with Gasteiger partial charge in [0.2, 0.25) is 0 Å². The van der Waals surface area contributed by atoms with Crippen LogP contribution in [-0.2, 0) is 0 Å². The van der Waals surface area contributed by atoms with Gasteiger partial charge >= 0.3 is 5.63 Å². The number of thiazole rings is 1. The molecule has 29 heavy (non-hydrogen) atoms. The van der Waals surface area contributed by atoms with Crippen LogP contribution in [0, 0.1) is 0 Å². The number of fused-ring (bicyclic) bond motifs is 1. The third-order valence-corrected chi connectivity index (χ3v) is 5.63. The SMILES string of the molecule is O=c1oc2cc(O)ccc2cc1-c1csc(-c2ccc(-c3ccccc3)cc2)n1. The van der Waals surface area contributed by atoms with Crippen molar-refractivity contribution in [1.82, 2.24) is 4.98 Å². The Bertz CT molecular complexity index is 1370. The average molecular weight is 397 g/mol. The highest BCUT2D eigenvalue weighted by Gasteiger charge is 2.13. The van der Waals surface area contributed by atoms with E-state index in [2.05, 4.69) is 29.2 Å². The van der Waals surface area contributed by atoms with E-state index in [0.717, 1.165) is 21.5 Å². The molecule has 1 N–H and O–H groups in total. The second-order valence-electron chi connectivity index (χ2n) is 6.65. The lowest BCUT2D eigenvalue weighted by molar-refractivity contribution is 0.473. The number of rotatable bonds is 3. The molecule has 0 aliphatic heterocycles. The second kappa shape index (κ2) is 7.04. The first-order valence-corrected chi connectivity index (χ1v) is 9.94. The molecule has 0 saturated carbocycles. The van der Waals surface area contributed by atoms with Gasteiger partial charge in [0, 0.05) is 22.4 Å². The maximum Gasteiger partial charge on any atom is 0.345 e. The van der Waals surface area contributed by atoms with Crippen molar-refractivity contribution in [2.45, 2.75) is 0 Å². The van der Waals surface area contributed by atoms with Crippen LogP contribution in [0.5, 0.6) is 5.75 Å². The summed E-state index contributed by atoms with van der Waals surface area (Å²) in [6, 6.07) is 24.9. The van der Waals surface area contributed by atoms with Gasteiger partial charge in [-0.2, -0.15) is 0 Å². The fraction of sp³-hybridized carbons (Fsp3) is 0. The Kier molecular flexibility index (Phi) is 4.22. The van der Waals surface area contributed by atoms with Crippen LogP contribution in [0.25, 0.3) is 43.9 Å². The molecule has 4 nitrogen and oxygen atoms in total. The molecule has 3 aromatic carbocycles. The number of hydrogen-bond donors (Lipinski definition) is 1. The molecule has 0 bridgehead atoms. The van der Waals surface area contributed by atoms with Crippen LogP contribution in [0.15, 0.2) is 93.5 Å². The summed E-state index contributed by atoms with van der Waals surface area (Å²) in [6.45, 7) is 0. The Morgan fingerprint density at radius 3 is 2.34 bits per heavy atom. The van der Waals surface area contributed by atoms with Gasteiger partial charge in [0.25, 0.3) is 0 Å². The smallest absolute Gasteiger partial charge is 0.345 e. The van der Waals surface area contributed by atoms with Crippen molar-refractivity contribution >= 4 is 22.3 Å². The van der Waals surface area contributed by atoms with E-state index in [0.29, 0.717) is 16.8 Å². The van der Waals surface area contributed by atoms with Gasteiger partial charge in [-0.3, -0.25) is 0 Å². The molecule has 5 heteroatoms. The van der Waals surface area contributed by atoms with Crippen LogP contribution >= 0.6 is 11.3 Å². The molecular weight excluding hydrogens is 382 g/mol. The van der Waals surface area contributed by atoms with Crippen LogP contribution in [0.2, 0.25) is 0 Å². The molecule has 5 rings (SSSR count). The summed E-state index contributed by atoms with van der Waals surface area (Å²) in [6.07, 6.45) is 0. The van der Waals surface area contributed by atoms with Gasteiger partial charge in [-0.05, 0) is 29.3 Å². The third-order valence-electron chi connectivity index (χ3n) is 4.74. The van der Waals surface area contributed by atoms with E-state index < -0.39 is 5.63 Å². The molecule has 0 radical (unpaired) electrons. The van der Waals surface area contributed by atoms with E-state index in [1.54, 1.807) is 18.2 Å². The summed E-state index contributed by atoms with van der Waals surface area (Å²) in [5, 5.41) is 13.0. The van der Waals surface area contributed by atoms with Crippen molar-refractivity contribution in [1.29, 1.82) is 0 Å². The molecule has 2 heterocycles. The third kappa shape index (κ3) is 3.32. The topological polar surface area (TPSA) is 63.3 Å². The molecule has 140 valence electrons. The first kappa shape index (κ1) is 17.4. The lowest BCUT2D eigenvalue weighted by atomic mass is 10.0. The number of nitrogens with zero attached hydrogens (tertiary/aromatic N) is 1. The van der Waals surface area contributed by atoms with Crippen LogP contribution in [0.4, 0.5) is 0 Å². The average Bonchev–Trinajstić information content (AvgIpc) is 3.24. The highest BCUT2D eigenvalue weighted by atomic mass is 32.1. The molecule has 0 saturated heterocycles. The van der Waals surface area contributed by atoms with Crippen LogP contribution in [0.1, 0.15) is 0 Å². The van der Waals surface area contributed by atoms with E-state index in [9.17, 15) is 9.90 Å². The minimum Gasteiger partial charge on any atom is -0.508 e. The molecule has 5 aromatic rings. The van der Waals surface area contributed by atoms with Gasteiger partial charge in [-0.1, -0.05) is 54.6 Å². The lowest BCUT2D eigenvalue weighted by Crippen LogP contribution is -2.02. The van der Waals surface area contributed by atoms with Gasteiger partial charge < -0.3 is 9.52 Å². The van der Waals surface area contributed by atoms with Crippen molar-refractivity contribution in [3.05, 3.63) is 94.7 Å². The molecular formula is C24H15NO3S. The second-order valence-corrected chi connectivity index (χ2v) is 7.51. The summed E-state index contributed by atoms with van der Waals surface area (Å²) >= 11 is 1.48. The predicted octanol–water partition coefficient (Wildman–Crippen LogP) is 5.96. The fourth-order valence-corrected chi connectivity index (χ4v) is 4.07. The number of benzene rings is 3. The zero-order valence-corrected chi connectivity index (χ0v) is 16.0. The van der Waals surface area contributed by atoms with E-state index >= 15 is 0 Å². The summed E-state index contributed by atoms with van der Waals surface area (Å²) < 4.78 is 5.36. The van der Waals surface area contributed by atoms with Gasteiger partial charge in [0.15, 0.2) is 0 Å². The lowest BCUT2D eigenvalue weighted by Gasteiger charge is -2.03. The predicted molar refractivity (Wildman–Crippen MR) is 116 cm³/mol. The molecule has 2 aromatic heterocycles. The molecule has 0 spiro atoms. The molecule has 0 amide bonds. The van der Waals surface area contributed by atoms with Crippen molar-refractivity contribution in [2.75, 3.05) is 0 Å². The van der Waals surface area contributed by atoms with Gasteiger partial charge in [-0.25, -0.2) is 9.78 Å². The van der Waals surface area contributed by atoms with E-state index in [1.807, 2.05) is 35.7 Å². The summed E-state index contributed by atoms with van der Waals surface area (Å²) in [5.41, 5.74) is 4.18. The Labute approximate surface area is 170 Å². The van der Waals surface area contributed by atoms with Crippen LogP contribution in [-0.4, -0.2) is 10.1 Å². The zero-order chi connectivity index (χ0) is 19.8. The Morgan fingerprint density at radius 2 is 1.55 bits per heavy atom. The summed E-state index contributed by atoms with van der Waals surface area (Å²) in [7, 11) is 0. The number of hydrogen-bond acceptors (Lipinski definition) is 5. The maximum absolute atomic E-state index is 12.4. The van der Waals surface area contributed by atoms with E-state index in [-0.39, 0.29) is 5.75 Å². The monoisotopic (exact) mass is 397 g/mol. The standard InChI is InChI=1S/C24H15NO3S/c26-19-11-10-18-12-20(24(27)28-22(18)13-19)21-14-29-23(25-21)17-8-6-16(7-9-17)15-4-2-1-3-5-15/h1-14,26H. The van der Waals surface area contributed by atoms with E-state index in [4.69, 9.17) is 4.42 Å². The summed E-state index contributed by atoms with van der Waals surface area (Å²) in [4.78, 5) is 17.1. The zero-order valence-electron chi connectivity index (χ0n) is 15.2. The quantitative estimate of drug-likeness (QED) is 0.382. The largest absolute Gasteiger partial charge is 0.508 e. The summed E-state index contributed by atoms with van der Waals surface area (Å²) in [5.74, 6) is 0.0586. The first-order valence-electron chi connectivity index (χ1n) is 9.06. The molecule has 0 fully saturated rings. The van der Waals surface area contributed by atoms with Gasteiger partial charge in [0.05, 0.1) is 11.3 Å². The van der Waals surface area contributed by atoms with Gasteiger partial charge in [0.1, 0.15) is 16.3 Å². The Balaban J connectivity index is 1.49. The normalized spacial score (nSPS) is 11.0. The van der Waals surface area contributed by atoms with Crippen molar-refractivity contribution in [2.24, 2.45) is 0 Å². The first-order chi connectivity index (χ1) is 14.2. The molecule has 0 atom stereocenters. The van der Waals surface area contributed by atoms with Crippen molar-refractivity contribution < 1.29 is 9.52 Å². The Hall–Kier alpha value is -3.70. The minimum absolute atomic E-state index is 0.0586. The van der Waals surface area contributed by atoms with Gasteiger partial charge in [-0.15, -0.1) is 11.3 Å². The highest BCUT2D eigenvalue weighted by Crippen LogP contribution is 2.31. The molecule has 0 aliphatic rings. The van der Waals surface area contributed by atoms with Crippen LogP contribution < -0.4 is 5.63 Å². The Morgan fingerprint density at radius 1 is 0.828 bits per heavy atom. The molecule has 0 aliphatic carbocycles. The number of aromatic nitrogens is 1. The van der Waals surface area contributed by atoms with E-state index in [1.165, 1.54) is 23.0 Å². The fourth-order valence-electron chi connectivity index (χ4n) is 3.24. The van der Waals surface area contributed by atoms with Crippen molar-refractivity contribution in [3.8, 4) is 38.7 Å². The number of phenolic OH excluding ortho intramolecular Hbond substituents is 1. The van der Waals surface area contributed by atoms with Crippen LogP contribution in [0.3, 0.4) is 0 Å². The minimum atomic E-state index is -0.473. The molecule has 0 unspecified atom stereocenters. The maximum atomic E-state index is 12.4. The van der Waals surface area contributed by atoms with Crippen molar-refractivity contribution in [3.63, 3.8) is 0 Å². The number of phenols is 1. The highest BCUT2D eigenvalue weighted by molar-refractivity contribution is 7.13. The number of aromatic hydroxyl groups is 1.